The Balaban J connectivity index is 1.72. The number of hydrogen-bond acceptors (Lipinski definition) is 5. The second-order valence-corrected chi connectivity index (χ2v) is 8.76. The Bertz CT molecular complexity index is 1070. The minimum absolute atomic E-state index is 0.186. The first-order valence-corrected chi connectivity index (χ1v) is 10.0. The summed E-state index contributed by atoms with van der Waals surface area (Å²) in [5, 5.41) is 9.55. The SMILES string of the molecule is O=C(O)CC1Sc2cc(Cl)ccc2N(Cc2nc3cc(F)ccc3s2)C1=O. The molecule has 1 atom stereocenters. The zero-order valence-corrected chi connectivity index (χ0v) is 16.1. The van der Waals surface area contributed by atoms with Crippen molar-refractivity contribution in [1.29, 1.82) is 0 Å². The van der Waals surface area contributed by atoms with Gasteiger partial charge in [-0.2, -0.15) is 0 Å². The van der Waals surface area contributed by atoms with Crippen LogP contribution >= 0.6 is 34.7 Å². The molecule has 1 aliphatic rings. The zero-order valence-electron chi connectivity index (χ0n) is 13.7. The summed E-state index contributed by atoms with van der Waals surface area (Å²) in [7, 11) is 0. The van der Waals surface area contributed by atoms with Crippen LogP contribution in [0.25, 0.3) is 10.2 Å². The highest BCUT2D eigenvalue weighted by atomic mass is 35.5. The number of hydrogen-bond donors (Lipinski definition) is 1. The lowest BCUT2D eigenvalue weighted by molar-refractivity contribution is -0.138. The van der Waals surface area contributed by atoms with E-state index in [-0.39, 0.29) is 24.7 Å². The van der Waals surface area contributed by atoms with Crippen LogP contribution in [0.5, 0.6) is 0 Å². The number of carbonyl (C=O) groups excluding carboxylic acids is 1. The Morgan fingerprint density at radius 3 is 2.89 bits per heavy atom. The fourth-order valence-corrected chi connectivity index (χ4v) is 5.33. The second kappa shape index (κ2) is 7.10. The third kappa shape index (κ3) is 3.65. The van der Waals surface area contributed by atoms with Crippen LogP contribution in [0, 0.1) is 5.82 Å². The van der Waals surface area contributed by atoms with Crippen LogP contribution < -0.4 is 4.90 Å². The number of thioether (sulfide) groups is 1. The standard InChI is InChI=1S/C18H12ClFN2O3S2/c19-9-1-3-12-14(5-9)26-15(7-17(23)24)18(25)22(12)8-16-21-11-6-10(20)2-4-13(11)27-16/h1-6,15H,7-8H2,(H,23,24). The summed E-state index contributed by atoms with van der Waals surface area (Å²) in [5.41, 5.74) is 1.20. The molecule has 9 heteroatoms. The van der Waals surface area contributed by atoms with Crippen molar-refractivity contribution in [1.82, 2.24) is 4.98 Å². The number of thiazole rings is 1. The molecule has 0 saturated heterocycles. The van der Waals surface area contributed by atoms with E-state index < -0.39 is 11.2 Å². The average Bonchev–Trinajstić information content (AvgIpc) is 2.99. The predicted molar refractivity (Wildman–Crippen MR) is 104 cm³/mol. The number of amides is 1. The van der Waals surface area contributed by atoms with Crippen LogP contribution in [0.1, 0.15) is 11.4 Å². The number of nitrogens with zero attached hydrogens (tertiary/aromatic N) is 2. The minimum Gasteiger partial charge on any atom is -0.481 e. The summed E-state index contributed by atoms with van der Waals surface area (Å²) < 4.78 is 14.2. The van der Waals surface area contributed by atoms with Crippen LogP contribution in [0.2, 0.25) is 5.02 Å². The number of carbonyl (C=O) groups is 2. The van der Waals surface area contributed by atoms with E-state index in [4.69, 9.17) is 16.7 Å². The van der Waals surface area contributed by atoms with E-state index in [1.807, 2.05) is 0 Å². The first-order valence-electron chi connectivity index (χ1n) is 7.95. The maximum absolute atomic E-state index is 13.4. The predicted octanol–water partition coefficient (Wildman–Crippen LogP) is 4.57. The lowest BCUT2D eigenvalue weighted by Gasteiger charge is -2.32. The smallest absolute Gasteiger partial charge is 0.305 e. The number of halogens is 2. The fraction of sp³-hybridized carbons (Fsp3) is 0.167. The zero-order chi connectivity index (χ0) is 19.1. The number of aliphatic carboxylic acids is 1. The number of carboxylic acids is 1. The topological polar surface area (TPSA) is 70.5 Å². The fourth-order valence-electron chi connectivity index (χ4n) is 2.90. The highest BCUT2D eigenvalue weighted by Crippen LogP contribution is 2.42. The molecule has 4 rings (SSSR count). The Kier molecular flexibility index (Phi) is 4.79. The highest BCUT2D eigenvalue weighted by molar-refractivity contribution is 8.01. The van der Waals surface area contributed by atoms with E-state index in [0.717, 1.165) is 9.60 Å². The maximum atomic E-state index is 13.4. The Morgan fingerprint density at radius 1 is 1.30 bits per heavy atom. The van der Waals surface area contributed by atoms with Gasteiger partial charge < -0.3 is 10.0 Å². The lowest BCUT2D eigenvalue weighted by Crippen LogP contribution is -2.41. The monoisotopic (exact) mass is 422 g/mol. The van der Waals surface area contributed by atoms with E-state index in [9.17, 15) is 14.0 Å². The number of rotatable bonds is 4. The summed E-state index contributed by atoms with van der Waals surface area (Å²) in [6.45, 7) is 0.186. The molecule has 2 aromatic carbocycles. The number of carboxylic acid groups (broad SMARTS) is 1. The molecule has 1 amide bonds. The van der Waals surface area contributed by atoms with Crippen LogP contribution in [-0.4, -0.2) is 27.2 Å². The van der Waals surface area contributed by atoms with Crippen molar-refractivity contribution in [2.45, 2.75) is 23.1 Å². The number of aromatic nitrogens is 1. The molecule has 0 aliphatic carbocycles. The molecule has 1 aliphatic heterocycles. The van der Waals surface area contributed by atoms with Crippen molar-refractivity contribution in [3.05, 3.63) is 52.2 Å². The van der Waals surface area contributed by atoms with Gasteiger partial charge in [-0.1, -0.05) is 11.6 Å². The van der Waals surface area contributed by atoms with Gasteiger partial charge in [-0.15, -0.1) is 23.1 Å². The first kappa shape index (κ1) is 18.2. The van der Waals surface area contributed by atoms with Crippen molar-refractivity contribution >= 4 is 62.5 Å². The van der Waals surface area contributed by atoms with Crippen LogP contribution in [0.15, 0.2) is 41.3 Å². The van der Waals surface area contributed by atoms with Gasteiger partial charge in [0.25, 0.3) is 0 Å². The summed E-state index contributed by atoms with van der Waals surface area (Å²) >= 11 is 8.64. The van der Waals surface area contributed by atoms with Crippen LogP contribution in [0.3, 0.4) is 0 Å². The summed E-state index contributed by atoms with van der Waals surface area (Å²) in [6, 6.07) is 9.53. The van der Waals surface area contributed by atoms with Gasteiger partial charge in [-0.3, -0.25) is 9.59 Å². The van der Waals surface area contributed by atoms with Gasteiger partial charge in [0.2, 0.25) is 5.91 Å². The summed E-state index contributed by atoms with van der Waals surface area (Å²) in [5.74, 6) is -1.70. The minimum atomic E-state index is -1.04. The van der Waals surface area contributed by atoms with E-state index in [1.54, 1.807) is 24.3 Å². The van der Waals surface area contributed by atoms with Gasteiger partial charge in [-0.05, 0) is 30.3 Å². The highest BCUT2D eigenvalue weighted by Gasteiger charge is 2.35. The first-order chi connectivity index (χ1) is 12.9. The van der Waals surface area contributed by atoms with Gasteiger partial charge in [0.1, 0.15) is 10.8 Å². The van der Waals surface area contributed by atoms with Crippen LogP contribution in [-0.2, 0) is 16.1 Å². The van der Waals surface area contributed by atoms with E-state index in [1.165, 1.54) is 40.1 Å². The number of benzene rings is 2. The van der Waals surface area contributed by atoms with Gasteiger partial charge in [0, 0.05) is 16.0 Å². The van der Waals surface area contributed by atoms with Crippen molar-refractivity contribution in [2.75, 3.05) is 4.90 Å². The normalized spacial score (nSPS) is 16.6. The average molecular weight is 423 g/mol. The molecule has 0 spiro atoms. The molecular weight excluding hydrogens is 411 g/mol. The van der Waals surface area contributed by atoms with E-state index in [2.05, 4.69) is 4.98 Å². The molecule has 0 saturated carbocycles. The molecule has 1 N–H and O–H groups in total. The largest absolute Gasteiger partial charge is 0.481 e. The molecule has 27 heavy (non-hydrogen) atoms. The molecule has 3 aromatic rings. The third-order valence-corrected chi connectivity index (χ3v) is 6.56. The van der Waals surface area contributed by atoms with Gasteiger partial charge in [0.15, 0.2) is 0 Å². The second-order valence-electron chi connectivity index (χ2n) is 5.96. The van der Waals surface area contributed by atoms with E-state index >= 15 is 0 Å². The quantitative estimate of drug-likeness (QED) is 0.666. The molecule has 138 valence electrons. The lowest BCUT2D eigenvalue weighted by atomic mass is 10.2. The molecule has 2 heterocycles. The summed E-state index contributed by atoms with van der Waals surface area (Å²) in [6.07, 6.45) is -0.281. The van der Waals surface area contributed by atoms with Crippen LogP contribution in [0.4, 0.5) is 10.1 Å². The maximum Gasteiger partial charge on any atom is 0.305 e. The number of fused-ring (bicyclic) bond motifs is 2. The molecule has 1 aromatic heterocycles. The van der Waals surface area contributed by atoms with Gasteiger partial charge in [0.05, 0.1) is 34.1 Å². The van der Waals surface area contributed by atoms with Crippen molar-refractivity contribution in [3.8, 4) is 0 Å². The molecule has 5 nitrogen and oxygen atoms in total. The Hall–Kier alpha value is -2.16. The van der Waals surface area contributed by atoms with Gasteiger partial charge >= 0.3 is 5.97 Å². The molecular formula is C18H12ClFN2O3S2. The molecule has 0 radical (unpaired) electrons. The third-order valence-electron chi connectivity index (χ3n) is 4.07. The Morgan fingerprint density at radius 2 is 2.11 bits per heavy atom. The summed E-state index contributed by atoms with van der Waals surface area (Å²) in [4.78, 5) is 30.8. The molecule has 0 fully saturated rings. The van der Waals surface area contributed by atoms with Crippen molar-refractivity contribution < 1.29 is 19.1 Å². The molecule has 0 bridgehead atoms. The van der Waals surface area contributed by atoms with Gasteiger partial charge in [-0.25, -0.2) is 9.37 Å². The van der Waals surface area contributed by atoms with E-state index in [0.29, 0.717) is 21.2 Å². The van der Waals surface area contributed by atoms with Crippen molar-refractivity contribution in [3.63, 3.8) is 0 Å². The Labute approximate surface area is 166 Å². The van der Waals surface area contributed by atoms with Crippen molar-refractivity contribution in [2.24, 2.45) is 0 Å². The molecule has 1 unspecified atom stereocenters. The number of anilines is 1.